The van der Waals surface area contributed by atoms with Crippen LogP contribution in [0.5, 0.6) is 0 Å². The summed E-state index contributed by atoms with van der Waals surface area (Å²) in [6.45, 7) is 5.89. The molecular weight excluding hydrogens is 727 g/mol. The number of carbonyl (C=O) groups is 2. The van der Waals surface area contributed by atoms with E-state index in [4.69, 9.17) is 4.98 Å². The van der Waals surface area contributed by atoms with Crippen LogP contribution in [0, 0.1) is 0 Å². The molecule has 7 aromatic rings. The van der Waals surface area contributed by atoms with Crippen LogP contribution in [0.15, 0.2) is 103 Å². The van der Waals surface area contributed by atoms with Crippen molar-refractivity contribution >= 4 is 45.0 Å². The summed E-state index contributed by atoms with van der Waals surface area (Å²) in [5, 5.41) is 25.9. The van der Waals surface area contributed by atoms with Gasteiger partial charge in [0.15, 0.2) is 0 Å². The molecule has 9 rings (SSSR count). The Hall–Kier alpha value is -6.31. The van der Waals surface area contributed by atoms with Crippen molar-refractivity contribution in [2.75, 3.05) is 49.9 Å². The number of pyridine rings is 1. The summed E-state index contributed by atoms with van der Waals surface area (Å²) in [4.78, 5) is 35.2. The van der Waals surface area contributed by atoms with Gasteiger partial charge in [-0.1, -0.05) is 59.7 Å². The minimum Gasteiger partial charge on any atom is -0.326 e. The first-order chi connectivity index (χ1) is 28.5. The van der Waals surface area contributed by atoms with Crippen molar-refractivity contribution < 1.29 is 9.59 Å². The van der Waals surface area contributed by atoms with Gasteiger partial charge in [-0.25, -0.2) is 14.3 Å². The van der Waals surface area contributed by atoms with Gasteiger partial charge in [-0.3, -0.25) is 9.59 Å². The van der Waals surface area contributed by atoms with E-state index in [1.165, 1.54) is 38.5 Å². The second-order valence-corrected chi connectivity index (χ2v) is 15.4. The number of hydrogen-bond acceptors (Lipinski definition) is 9. The average Bonchev–Trinajstić information content (AvgIpc) is 3.97. The zero-order valence-corrected chi connectivity index (χ0v) is 32.6. The number of benzene rings is 4. The summed E-state index contributed by atoms with van der Waals surface area (Å²) < 4.78 is 3.49. The molecule has 0 spiro atoms. The zero-order valence-electron chi connectivity index (χ0n) is 32.6. The third kappa shape index (κ3) is 8.80. The van der Waals surface area contributed by atoms with Crippen LogP contribution in [-0.2, 0) is 9.59 Å². The summed E-state index contributed by atoms with van der Waals surface area (Å²) in [5.41, 5.74) is 7.93. The lowest BCUT2D eigenvalue weighted by Gasteiger charge is -2.25. The van der Waals surface area contributed by atoms with E-state index in [9.17, 15) is 9.59 Å². The van der Waals surface area contributed by atoms with Gasteiger partial charge < -0.3 is 20.4 Å². The highest BCUT2D eigenvalue weighted by Gasteiger charge is 2.15. The Morgan fingerprint density at radius 2 is 1.00 bits per heavy atom. The maximum absolute atomic E-state index is 12.7. The average molecular weight is 774 g/mol. The largest absolute Gasteiger partial charge is 0.326 e. The highest BCUT2D eigenvalue weighted by molar-refractivity contribution is 5.95. The molecule has 294 valence electrons. The van der Waals surface area contributed by atoms with Gasteiger partial charge in [0, 0.05) is 59.2 Å². The molecule has 0 atom stereocenters. The Labute approximate surface area is 337 Å². The van der Waals surface area contributed by atoms with Crippen LogP contribution in [-0.4, -0.2) is 95.9 Å². The van der Waals surface area contributed by atoms with E-state index in [0.717, 1.165) is 95.0 Å². The van der Waals surface area contributed by atoms with E-state index in [0.29, 0.717) is 24.2 Å². The van der Waals surface area contributed by atoms with Gasteiger partial charge >= 0.3 is 0 Å². The normalized spacial score (nSPS) is 15.2. The van der Waals surface area contributed by atoms with Crippen LogP contribution in [0.1, 0.15) is 51.4 Å². The molecule has 2 aliphatic heterocycles. The number of hydrogen-bond donors (Lipinski definition) is 2. The Morgan fingerprint density at radius 3 is 1.47 bits per heavy atom. The standard InChI is InChI=1S/C45H47N11O2/c57-44(17-23-53-19-3-1-4-20-53)46-36-11-7-9-32(26-36)42-30-55(51-49-42)38-15-13-34-25-35-14-16-39(29-41(35)48-40(34)28-38)56-31-43(50-52-56)33-10-8-12-37(27-33)47-45(58)18-24-54-21-5-2-6-22-54/h7-16,25-31H,1-6,17-24H2,(H,46,57)(H,47,58). The first-order valence-corrected chi connectivity index (χ1v) is 20.4. The molecule has 13 heteroatoms. The lowest BCUT2D eigenvalue weighted by molar-refractivity contribution is -0.117. The number of aromatic nitrogens is 7. The number of nitrogens with zero attached hydrogens (tertiary/aromatic N) is 9. The van der Waals surface area contributed by atoms with Crippen LogP contribution in [0.25, 0.3) is 55.7 Å². The second kappa shape index (κ2) is 17.0. The number of piperidine rings is 2. The molecule has 2 N–H and O–H groups in total. The number of anilines is 2. The molecule has 5 heterocycles. The summed E-state index contributed by atoms with van der Waals surface area (Å²) in [6, 6.07) is 29.7. The van der Waals surface area contributed by atoms with E-state index in [2.05, 4.69) is 47.1 Å². The molecule has 13 nitrogen and oxygen atoms in total. The van der Waals surface area contributed by atoms with Crippen LogP contribution in [0.2, 0.25) is 0 Å². The van der Waals surface area contributed by atoms with E-state index >= 15 is 0 Å². The summed E-state index contributed by atoms with van der Waals surface area (Å²) in [6.07, 6.45) is 12.2. The van der Waals surface area contributed by atoms with E-state index in [1.807, 2.05) is 97.3 Å². The summed E-state index contributed by atoms with van der Waals surface area (Å²) >= 11 is 0. The third-order valence-electron chi connectivity index (χ3n) is 11.2. The number of likely N-dealkylation sites (tertiary alicyclic amines) is 2. The van der Waals surface area contributed by atoms with Crippen molar-refractivity contribution in [2.45, 2.75) is 51.4 Å². The van der Waals surface area contributed by atoms with Crippen LogP contribution in [0.4, 0.5) is 11.4 Å². The van der Waals surface area contributed by atoms with E-state index in [-0.39, 0.29) is 11.8 Å². The lowest BCUT2D eigenvalue weighted by Crippen LogP contribution is -2.32. The zero-order chi connectivity index (χ0) is 39.3. The molecule has 0 aliphatic carbocycles. The summed E-state index contributed by atoms with van der Waals surface area (Å²) in [7, 11) is 0. The maximum atomic E-state index is 12.7. The molecule has 2 amide bonds. The van der Waals surface area contributed by atoms with Crippen molar-refractivity contribution in [2.24, 2.45) is 0 Å². The minimum absolute atomic E-state index is 0.0168. The highest BCUT2D eigenvalue weighted by atomic mass is 16.2. The van der Waals surface area contributed by atoms with Gasteiger partial charge in [0.2, 0.25) is 11.8 Å². The lowest BCUT2D eigenvalue weighted by atomic mass is 10.1. The fourth-order valence-corrected chi connectivity index (χ4v) is 7.97. The predicted octanol–water partition coefficient (Wildman–Crippen LogP) is 7.51. The first-order valence-electron chi connectivity index (χ1n) is 20.4. The number of nitrogens with one attached hydrogen (secondary N) is 2. The molecule has 2 saturated heterocycles. The molecule has 3 aromatic heterocycles. The molecule has 58 heavy (non-hydrogen) atoms. The van der Waals surface area contributed by atoms with E-state index in [1.54, 1.807) is 9.36 Å². The van der Waals surface area contributed by atoms with Gasteiger partial charge in [-0.2, -0.15) is 0 Å². The molecule has 0 radical (unpaired) electrons. The fourth-order valence-electron chi connectivity index (χ4n) is 7.97. The Balaban J connectivity index is 0.872. The minimum atomic E-state index is 0.0168. The smallest absolute Gasteiger partial charge is 0.225 e. The molecule has 0 saturated carbocycles. The molecule has 0 unspecified atom stereocenters. The van der Waals surface area contributed by atoms with Gasteiger partial charge in [-0.15, -0.1) is 10.2 Å². The quantitative estimate of drug-likeness (QED) is 0.121. The predicted molar refractivity (Wildman–Crippen MR) is 227 cm³/mol. The fraction of sp³-hybridized carbons (Fsp3) is 0.311. The number of carbonyl (C=O) groups excluding carboxylic acids is 2. The van der Waals surface area contributed by atoms with Crippen molar-refractivity contribution in [3.63, 3.8) is 0 Å². The molecule has 4 aromatic carbocycles. The molecule has 2 aliphatic rings. The summed E-state index contributed by atoms with van der Waals surface area (Å²) in [5.74, 6) is 0.0335. The van der Waals surface area contributed by atoms with E-state index < -0.39 is 0 Å². The molecule has 0 bridgehead atoms. The van der Waals surface area contributed by atoms with Crippen LogP contribution >= 0.6 is 0 Å². The monoisotopic (exact) mass is 773 g/mol. The first kappa shape index (κ1) is 37.3. The maximum Gasteiger partial charge on any atom is 0.225 e. The van der Waals surface area contributed by atoms with Gasteiger partial charge in [0.05, 0.1) is 34.8 Å². The third-order valence-corrected chi connectivity index (χ3v) is 11.2. The second-order valence-electron chi connectivity index (χ2n) is 15.4. The number of amides is 2. The van der Waals surface area contributed by atoms with Gasteiger partial charge in [0.1, 0.15) is 11.4 Å². The van der Waals surface area contributed by atoms with Crippen molar-refractivity contribution in [1.29, 1.82) is 0 Å². The Kier molecular flexibility index (Phi) is 11.0. The Morgan fingerprint density at radius 1 is 0.534 bits per heavy atom. The van der Waals surface area contributed by atoms with Crippen molar-refractivity contribution in [3.8, 4) is 33.9 Å². The highest BCUT2D eigenvalue weighted by Crippen LogP contribution is 2.27. The molecular formula is C45H47N11O2. The number of rotatable bonds is 12. The Bertz CT molecular complexity index is 2390. The SMILES string of the molecule is O=C(CCN1CCCCC1)Nc1cccc(-c2cn(-c3ccc4cc5ccc(-n6cc(-c7cccc(NC(=O)CCN8CCCCC8)c7)nn6)cc5nc4c3)nn2)c1. The molecule has 2 fully saturated rings. The van der Waals surface area contributed by atoms with Crippen LogP contribution < -0.4 is 10.6 Å². The topological polar surface area (TPSA) is 139 Å². The van der Waals surface area contributed by atoms with Gasteiger partial charge in [-0.05, 0) is 106 Å². The van der Waals surface area contributed by atoms with Gasteiger partial charge in [0.25, 0.3) is 0 Å². The van der Waals surface area contributed by atoms with Crippen molar-refractivity contribution in [3.05, 3.63) is 103 Å². The number of fused-ring (bicyclic) bond motifs is 2. The van der Waals surface area contributed by atoms with Crippen LogP contribution in [0.3, 0.4) is 0 Å². The van der Waals surface area contributed by atoms with Crippen molar-refractivity contribution in [1.82, 2.24) is 44.8 Å².